The Morgan fingerprint density at radius 3 is 2.16 bits per heavy atom. The van der Waals surface area contributed by atoms with Crippen LogP contribution in [0.2, 0.25) is 0 Å². The third-order valence-corrected chi connectivity index (χ3v) is 6.64. The van der Waals surface area contributed by atoms with Crippen LogP contribution in [0.4, 0.5) is 4.79 Å². The van der Waals surface area contributed by atoms with E-state index in [2.05, 4.69) is 62.4 Å². The van der Waals surface area contributed by atoms with Crippen molar-refractivity contribution in [3.05, 3.63) is 64.0 Å². The SMILES string of the molecule is COc1ccc(C(=C2NC(=O)NC2=O)c2cc3c(cc2C)C(C)(C)CCC3(C)C)cn1. The molecule has 31 heavy (non-hydrogen) atoms. The maximum absolute atomic E-state index is 12.6. The van der Waals surface area contributed by atoms with Gasteiger partial charge in [0.05, 0.1) is 7.11 Å². The lowest BCUT2D eigenvalue weighted by atomic mass is 9.62. The van der Waals surface area contributed by atoms with Crippen molar-refractivity contribution in [1.29, 1.82) is 0 Å². The Balaban J connectivity index is 2.00. The number of urea groups is 1. The number of aryl methyl sites for hydroxylation is 1. The molecule has 0 saturated carbocycles. The summed E-state index contributed by atoms with van der Waals surface area (Å²) in [5, 5.41) is 5.02. The van der Waals surface area contributed by atoms with E-state index in [4.69, 9.17) is 4.74 Å². The Morgan fingerprint density at radius 1 is 1.00 bits per heavy atom. The van der Waals surface area contributed by atoms with Crippen LogP contribution in [0.5, 0.6) is 5.88 Å². The first-order valence-corrected chi connectivity index (χ1v) is 10.6. The van der Waals surface area contributed by atoms with E-state index >= 15 is 0 Å². The number of amides is 3. The molecule has 6 nitrogen and oxygen atoms in total. The molecule has 0 atom stereocenters. The maximum atomic E-state index is 12.6. The number of hydrogen-bond donors (Lipinski definition) is 2. The first-order valence-electron chi connectivity index (χ1n) is 10.6. The van der Waals surface area contributed by atoms with Crippen molar-refractivity contribution in [2.24, 2.45) is 0 Å². The zero-order chi connectivity index (χ0) is 22.6. The standard InChI is InChI=1S/C25H29N3O3/c1-14-11-17-18(25(4,5)10-9-24(17,2)3)12-16(14)20(21-22(29)28-23(30)27-21)15-7-8-19(31-6)26-13-15/h7-8,11-13H,9-10H2,1-6H3,(H2,27,28,29,30). The molecule has 1 saturated heterocycles. The van der Waals surface area contributed by atoms with Crippen LogP contribution >= 0.6 is 0 Å². The minimum Gasteiger partial charge on any atom is -0.481 e. The molecular weight excluding hydrogens is 390 g/mol. The van der Waals surface area contributed by atoms with Crippen molar-refractivity contribution in [3.8, 4) is 5.88 Å². The molecule has 4 rings (SSSR count). The van der Waals surface area contributed by atoms with Crippen LogP contribution in [0.25, 0.3) is 5.57 Å². The second kappa shape index (κ2) is 7.22. The number of imide groups is 1. The summed E-state index contributed by atoms with van der Waals surface area (Å²) in [5.41, 5.74) is 6.36. The lowest BCUT2D eigenvalue weighted by Crippen LogP contribution is -2.34. The average Bonchev–Trinajstić information content (AvgIpc) is 3.05. The number of rotatable bonds is 3. The smallest absolute Gasteiger partial charge is 0.326 e. The summed E-state index contributed by atoms with van der Waals surface area (Å²) in [6.45, 7) is 11.2. The first-order chi connectivity index (χ1) is 14.5. The van der Waals surface area contributed by atoms with Gasteiger partial charge in [-0.3, -0.25) is 10.1 Å². The van der Waals surface area contributed by atoms with Gasteiger partial charge in [0.1, 0.15) is 5.70 Å². The van der Waals surface area contributed by atoms with Crippen molar-refractivity contribution in [3.63, 3.8) is 0 Å². The van der Waals surface area contributed by atoms with Crippen molar-refractivity contribution in [2.45, 2.75) is 58.3 Å². The van der Waals surface area contributed by atoms with Crippen molar-refractivity contribution >= 4 is 17.5 Å². The average molecular weight is 420 g/mol. The van der Waals surface area contributed by atoms with E-state index < -0.39 is 11.9 Å². The van der Waals surface area contributed by atoms with Crippen molar-refractivity contribution in [1.82, 2.24) is 15.6 Å². The predicted octanol–water partition coefficient (Wildman–Crippen LogP) is 4.35. The highest BCUT2D eigenvalue weighted by atomic mass is 16.5. The number of carbonyl (C=O) groups is 2. The highest BCUT2D eigenvalue weighted by molar-refractivity contribution is 6.17. The molecule has 0 spiro atoms. The summed E-state index contributed by atoms with van der Waals surface area (Å²) >= 11 is 0. The minimum absolute atomic E-state index is 0.0163. The third-order valence-electron chi connectivity index (χ3n) is 6.64. The number of nitrogens with one attached hydrogen (secondary N) is 2. The molecular formula is C25H29N3O3. The van der Waals surface area contributed by atoms with E-state index in [1.807, 2.05) is 6.07 Å². The largest absolute Gasteiger partial charge is 0.481 e. The number of fused-ring (bicyclic) bond motifs is 1. The Labute approximate surface area is 183 Å². The van der Waals surface area contributed by atoms with Gasteiger partial charge in [0.2, 0.25) is 5.88 Å². The zero-order valence-electron chi connectivity index (χ0n) is 19.0. The number of pyridine rings is 1. The third kappa shape index (κ3) is 3.60. The van der Waals surface area contributed by atoms with Gasteiger partial charge in [-0.25, -0.2) is 9.78 Å². The fraction of sp³-hybridized carbons (Fsp3) is 0.400. The van der Waals surface area contributed by atoms with E-state index in [9.17, 15) is 9.59 Å². The Hall–Kier alpha value is -3.15. The number of aromatic nitrogens is 1. The highest BCUT2D eigenvalue weighted by Crippen LogP contribution is 2.47. The van der Waals surface area contributed by atoms with Gasteiger partial charge < -0.3 is 10.1 Å². The summed E-state index contributed by atoms with van der Waals surface area (Å²) in [4.78, 5) is 28.9. The zero-order valence-corrected chi connectivity index (χ0v) is 19.0. The van der Waals surface area contributed by atoms with Crippen molar-refractivity contribution in [2.75, 3.05) is 7.11 Å². The van der Waals surface area contributed by atoms with Crippen LogP contribution in [0.3, 0.4) is 0 Å². The van der Waals surface area contributed by atoms with Crippen LogP contribution < -0.4 is 15.4 Å². The molecule has 3 amide bonds. The van der Waals surface area contributed by atoms with Crippen LogP contribution in [0.1, 0.15) is 68.4 Å². The summed E-state index contributed by atoms with van der Waals surface area (Å²) in [6.07, 6.45) is 3.89. The van der Waals surface area contributed by atoms with Crippen LogP contribution in [0.15, 0.2) is 36.2 Å². The molecule has 1 aliphatic carbocycles. The fourth-order valence-electron chi connectivity index (χ4n) is 4.62. The quantitative estimate of drug-likeness (QED) is 0.573. The Bertz CT molecular complexity index is 1110. The lowest BCUT2D eigenvalue weighted by Gasteiger charge is -2.42. The lowest BCUT2D eigenvalue weighted by molar-refractivity contribution is -0.115. The van der Waals surface area contributed by atoms with Crippen LogP contribution in [-0.4, -0.2) is 24.0 Å². The van der Waals surface area contributed by atoms with Crippen molar-refractivity contribution < 1.29 is 14.3 Å². The molecule has 2 aliphatic rings. The number of carbonyl (C=O) groups excluding carboxylic acids is 2. The summed E-state index contributed by atoms with van der Waals surface area (Å²) in [7, 11) is 1.56. The van der Waals surface area contributed by atoms with Gasteiger partial charge >= 0.3 is 6.03 Å². The fourth-order valence-corrected chi connectivity index (χ4v) is 4.62. The number of ether oxygens (including phenoxy) is 1. The molecule has 2 heterocycles. The second-order valence-corrected chi connectivity index (χ2v) is 9.73. The van der Waals surface area contributed by atoms with E-state index in [0.29, 0.717) is 11.5 Å². The van der Waals surface area contributed by atoms with Gasteiger partial charge in [-0.05, 0) is 65.0 Å². The van der Waals surface area contributed by atoms with Gasteiger partial charge in [0, 0.05) is 23.4 Å². The molecule has 1 aromatic carbocycles. The van der Waals surface area contributed by atoms with E-state index in [1.165, 1.54) is 11.1 Å². The molecule has 0 radical (unpaired) electrons. The predicted molar refractivity (Wildman–Crippen MR) is 120 cm³/mol. The van der Waals surface area contributed by atoms with E-state index in [0.717, 1.165) is 29.5 Å². The molecule has 1 aliphatic heterocycles. The van der Waals surface area contributed by atoms with Gasteiger partial charge in [-0.15, -0.1) is 0 Å². The minimum atomic E-state index is -0.518. The maximum Gasteiger partial charge on any atom is 0.326 e. The summed E-state index contributed by atoms with van der Waals surface area (Å²) in [6, 6.07) is 7.55. The van der Waals surface area contributed by atoms with Gasteiger partial charge in [-0.1, -0.05) is 33.8 Å². The summed E-state index contributed by atoms with van der Waals surface area (Å²) in [5.74, 6) is 0.0468. The van der Waals surface area contributed by atoms with Crippen LogP contribution in [0, 0.1) is 6.92 Å². The normalized spacial score (nSPS) is 20.6. The number of methoxy groups -OCH3 is 1. The van der Waals surface area contributed by atoms with Gasteiger partial charge in [0.15, 0.2) is 0 Å². The molecule has 0 bridgehead atoms. The molecule has 1 aromatic heterocycles. The number of hydrogen-bond acceptors (Lipinski definition) is 4. The number of benzene rings is 1. The Kier molecular flexibility index (Phi) is 4.91. The summed E-state index contributed by atoms with van der Waals surface area (Å²) < 4.78 is 5.19. The monoisotopic (exact) mass is 419 g/mol. The molecule has 0 unspecified atom stereocenters. The molecule has 2 aromatic rings. The highest BCUT2D eigenvalue weighted by Gasteiger charge is 2.38. The molecule has 2 N–H and O–H groups in total. The topological polar surface area (TPSA) is 80.3 Å². The Morgan fingerprint density at radius 2 is 1.65 bits per heavy atom. The van der Waals surface area contributed by atoms with E-state index in [1.54, 1.807) is 19.4 Å². The first kappa shape index (κ1) is 21.1. The molecule has 6 heteroatoms. The van der Waals surface area contributed by atoms with Crippen LogP contribution in [-0.2, 0) is 15.6 Å². The molecule has 162 valence electrons. The van der Waals surface area contributed by atoms with E-state index in [-0.39, 0.29) is 16.5 Å². The molecule has 1 fully saturated rings. The van der Waals surface area contributed by atoms with Gasteiger partial charge in [-0.2, -0.15) is 0 Å². The van der Waals surface area contributed by atoms with Gasteiger partial charge in [0.25, 0.3) is 5.91 Å². The number of nitrogens with zero attached hydrogens (tertiary/aromatic N) is 1. The second-order valence-electron chi connectivity index (χ2n) is 9.73.